The van der Waals surface area contributed by atoms with Crippen LogP contribution >= 0.6 is 0 Å². The number of amides is 2. The van der Waals surface area contributed by atoms with Crippen molar-refractivity contribution in [2.24, 2.45) is 10.8 Å². The maximum atomic E-state index is 12.2. The highest BCUT2D eigenvalue weighted by Crippen LogP contribution is 2.34. The number of nitrogens with zero attached hydrogens (tertiary/aromatic N) is 1. The van der Waals surface area contributed by atoms with Crippen LogP contribution in [0.1, 0.15) is 53.4 Å². The van der Waals surface area contributed by atoms with Crippen LogP contribution in [-0.2, 0) is 9.59 Å². The largest absolute Gasteiger partial charge is 0.312 e. The first-order valence-electron chi connectivity index (χ1n) is 7.28. The van der Waals surface area contributed by atoms with Crippen LogP contribution in [0.2, 0.25) is 0 Å². The fourth-order valence-corrected chi connectivity index (χ4v) is 3.18. The summed E-state index contributed by atoms with van der Waals surface area (Å²) in [5, 5.41) is 3.47. The number of likely N-dealkylation sites (tertiary alicyclic amines) is 1. The molecule has 2 fully saturated rings. The highest BCUT2D eigenvalue weighted by atomic mass is 16.2. The molecule has 0 aromatic rings. The number of nitrogens with one attached hydrogen (secondary N) is 1. The van der Waals surface area contributed by atoms with Gasteiger partial charge in [-0.25, -0.2) is 0 Å². The number of rotatable bonds is 2. The maximum absolute atomic E-state index is 12.2. The summed E-state index contributed by atoms with van der Waals surface area (Å²) in [5.41, 5.74) is -0.0358. The number of hydrogen-bond acceptors (Lipinski definition) is 3. The third-order valence-electron chi connectivity index (χ3n) is 4.56. The molecule has 0 spiro atoms. The van der Waals surface area contributed by atoms with E-state index in [0.29, 0.717) is 19.4 Å². The van der Waals surface area contributed by atoms with Gasteiger partial charge < -0.3 is 5.32 Å². The number of carbonyl (C=O) groups is 2. The average Bonchev–Trinajstić information content (AvgIpc) is 2.23. The first-order valence-corrected chi connectivity index (χ1v) is 7.28. The second-order valence-electron chi connectivity index (χ2n) is 7.51. The molecule has 2 aliphatic rings. The van der Waals surface area contributed by atoms with Crippen LogP contribution in [0.5, 0.6) is 0 Å². The van der Waals surface area contributed by atoms with Gasteiger partial charge in [0.15, 0.2) is 0 Å². The summed E-state index contributed by atoms with van der Waals surface area (Å²) in [4.78, 5) is 25.8. The van der Waals surface area contributed by atoms with Gasteiger partial charge in [0.05, 0.1) is 0 Å². The molecule has 0 aromatic carbocycles. The molecular weight excluding hydrogens is 240 g/mol. The lowest BCUT2D eigenvalue weighted by Gasteiger charge is -2.43. The molecule has 2 aliphatic heterocycles. The Bertz CT molecular complexity index is 368. The van der Waals surface area contributed by atoms with E-state index in [1.54, 1.807) is 0 Å². The van der Waals surface area contributed by atoms with Gasteiger partial charge in [0.25, 0.3) is 0 Å². The summed E-state index contributed by atoms with van der Waals surface area (Å²) in [6, 6.07) is 0.218. The van der Waals surface area contributed by atoms with Crippen LogP contribution in [0, 0.1) is 10.8 Å². The monoisotopic (exact) mass is 266 g/mol. The molecule has 0 bridgehead atoms. The van der Waals surface area contributed by atoms with Crippen molar-refractivity contribution in [3.8, 4) is 0 Å². The van der Waals surface area contributed by atoms with Gasteiger partial charge in [-0.3, -0.25) is 14.5 Å². The predicted molar refractivity (Wildman–Crippen MR) is 74.5 cm³/mol. The highest BCUT2D eigenvalue weighted by Gasteiger charge is 2.41. The van der Waals surface area contributed by atoms with Gasteiger partial charge in [-0.2, -0.15) is 0 Å². The Morgan fingerprint density at radius 2 is 1.74 bits per heavy atom. The van der Waals surface area contributed by atoms with Crippen molar-refractivity contribution >= 4 is 11.8 Å². The van der Waals surface area contributed by atoms with Crippen molar-refractivity contribution in [3.05, 3.63) is 0 Å². The molecule has 19 heavy (non-hydrogen) atoms. The van der Waals surface area contributed by atoms with E-state index in [2.05, 4.69) is 19.2 Å². The first kappa shape index (κ1) is 14.5. The minimum Gasteiger partial charge on any atom is -0.312 e. The number of carbonyl (C=O) groups excluding carboxylic acids is 2. The molecule has 0 aromatic heterocycles. The van der Waals surface area contributed by atoms with Crippen LogP contribution in [0.15, 0.2) is 0 Å². The van der Waals surface area contributed by atoms with E-state index in [1.165, 1.54) is 11.3 Å². The van der Waals surface area contributed by atoms with Crippen molar-refractivity contribution < 1.29 is 9.59 Å². The average molecular weight is 266 g/mol. The number of imide groups is 1. The SMILES string of the molecule is CC1(C)CC(=O)N(CC2NCCCC2(C)C)C(=O)C1. The molecule has 0 radical (unpaired) electrons. The topological polar surface area (TPSA) is 49.4 Å². The van der Waals surface area contributed by atoms with Crippen molar-refractivity contribution in [2.75, 3.05) is 13.1 Å². The van der Waals surface area contributed by atoms with Gasteiger partial charge in [0.1, 0.15) is 0 Å². The van der Waals surface area contributed by atoms with Crippen LogP contribution in [0.25, 0.3) is 0 Å². The van der Waals surface area contributed by atoms with Gasteiger partial charge in [0.2, 0.25) is 11.8 Å². The second kappa shape index (κ2) is 4.89. The summed E-state index contributed by atoms with van der Waals surface area (Å²) in [6.07, 6.45) is 3.27. The normalized spacial score (nSPS) is 30.5. The Balaban J connectivity index is 2.06. The van der Waals surface area contributed by atoms with Crippen molar-refractivity contribution in [1.29, 1.82) is 0 Å². The van der Waals surface area contributed by atoms with Crippen LogP contribution in [-0.4, -0.2) is 35.8 Å². The molecule has 1 unspecified atom stereocenters. The molecule has 0 aliphatic carbocycles. The van der Waals surface area contributed by atoms with E-state index in [-0.39, 0.29) is 28.7 Å². The molecule has 108 valence electrons. The minimum absolute atomic E-state index is 0.00979. The Labute approximate surface area is 115 Å². The van der Waals surface area contributed by atoms with Crippen LogP contribution in [0.4, 0.5) is 0 Å². The first-order chi connectivity index (χ1) is 8.71. The summed E-state index contributed by atoms with van der Waals surface area (Å²) < 4.78 is 0. The molecule has 2 amide bonds. The number of piperidine rings is 2. The zero-order valence-corrected chi connectivity index (χ0v) is 12.6. The van der Waals surface area contributed by atoms with Crippen molar-refractivity contribution in [3.63, 3.8) is 0 Å². The molecule has 2 rings (SSSR count). The molecule has 2 heterocycles. The van der Waals surface area contributed by atoms with Crippen molar-refractivity contribution in [2.45, 2.75) is 59.4 Å². The molecule has 4 heteroatoms. The summed E-state index contributed by atoms with van der Waals surface area (Å²) in [6.45, 7) is 9.92. The lowest BCUT2D eigenvalue weighted by Crippen LogP contribution is -2.57. The molecule has 1 N–H and O–H groups in total. The summed E-state index contributed by atoms with van der Waals surface area (Å²) >= 11 is 0. The summed E-state index contributed by atoms with van der Waals surface area (Å²) in [7, 11) is 0. The van der Waals surface area contributed by atoms with Gasteiger partial charge in [-0.15, -0.1) is 0 Å². The third-order valence-corrected chi connectivity index (χ3v) is 4.56. The Hall–Kier alpha value is -0.900. The zero-order valence-electron chi connectivity index (χ0n) is 12.6. The second-order valence-corrected chi connectivity index (χ2v) is 7.51. The van der Waals surface area contributed by atoms with Gasteiger partial charge >= 0.3 is 0 Å². The standard InChI is InChI=1S/C15H26N2O2/c1-14(2)8-12(18)17(13(19)9-14)10-11-15(3,4)6-5-7-16-11/h11,16H,5-10H2,1-4H3. The predicted octanol–water partition coefficient (Wildman–Crippen LogP) is 1.94. The van der Waals surface area contributed by atoms with E-state index < -0.39 is 0 Å². The fourth-order valence-electron chi connectivity index (χ4n) is 3.18. The molecule has 2 saturated heterocycles. The molecular formula is C15H26N2O2. The quantitative estimate of drug-likeness (QED) is 0.777. The maximum Gasteiger partial charge on any atom is 0.229 e. The van der Waals surface area contributed by atoms with Crippen LogP contribution < -0.4 is 5.32 Å². The van der Waals surface area contributed by atoms with Crippen LogP contribution in [0.3, 0.4) is 0 Å². The fraction of sp³-hybridized carbons (Fsp3) is 0.867. The molecule has 4 nitrogen and oxygen atoms in total. The highest BCUT2D eigenvalue weighted by molar-refractivity contribution is 5.98. The van der Waals surface area contributed by atoms with E-state index in [4.69, 9.17) is 0 Å². The van der Waals surface area contributed by atoms with Gasteiger partial charge in [0, 0.05) is 25.4 Å². The van der Waals surface area contributed by atoms with E-state index in [1.807, 2.05) is 13.8 Å². The zero-order chi connectivity index (χ0) is 14.3. The Morgan fingerprint density at radius 3 is 2.26 bits per heavy atom. The molecule has 0 saturated carbocycles. The Kier molecular flexibility index (Phi) is 3.74. The van der Waals surface area contributed by atoms with E-state index >= 15 is 0 Å². The van der Waals surface area contributed by atoms with Gasteiger partial charge in [-0.05, 0) is 30.2 Å². The third kappa shape index (κ3) is 3.16. The lowest BCUT2D eigenvalue weighted by atomic mass is 9.76. The smallest absolute Gasteiger partial charge is 0.229 e. The minimum atomic E-state index is -0.180. The van der Waals surface area contributed by atoms with E-state index in [9.17, 15) is 9.59 Å². The molecule has 1 atom stereocenters. The van der Waals surface area contributed by atoms with E-state index in [0.717, 1.165) is 13.0 Å². The lowest BCUT2D eigenvalue weighted by molar-refractivity contribution is -0.153. The van der Waals surface area contributed by atoms with Crippen molar-refractivity contribution in [1.82, 2.24) is 10.2 Å². The Morgan fingerprint density at radius 1 is 1.16 bits per heavy atom. The summed E-state index contributed by atoms with van der Waals surface area (Å²) in [5.74, 6) is -0.0196. The number of hydrogen-bond donors (Lipinski definition) is 1. The van der Waals surface area contributed by atoms with Gasteiger partial charge in [-0.1, -0.05) is 27.7 Å².